The largest absolute Gasteiger partial charge is 0.496 e. The number of carbonyl (C=O) groups excluding carboxylic acids is 3. The number of nitrogens with zero attached hydrogens (tertiary/aromatic N) is 3. The molecule has 3 heterocycles. The molecule has 13 heteroatoms. The van der Waals surface area contributed by atoms with E-state index in [1.54, 1.807) is 19.1 Å². The zero-order valence-corrected chi connectivity index (χ0v) is 31.9. The number of ether oxygens (including phenoxy) is 2. The lowest BCUT2D eigenvalue weighted by atomic mass is 9.93. The number of hydrogen-bond donors (Lipinski definition) is 2. The fourth-order valence-electron chi connectivity index (χ4n) is 7.82. The van der Waals surface area contributed by atoms with Gasteiger partial charge < -0.3 is 19.7 Å². The molecule has 2 N–H and O–H groups in total. The Kier molecular flexibility index (Phi) is 9.99. The highest BCUT2D eigenvalue weighted by Crippen LogP contribution is 2.47. The first kappa shape index (κ1) is 36.8. The lowest BCUT2D eigenvalue weighted by molar-refractivity contribution is -0.140. The van der Waals surface area contributed by atoms with Crippen LogP contribution >= 0.6 is 0 Å². The molecule has 53 heavy (non-hydrogen) atoms. The van der Waals surface area contributed by atoms with Crippen molar-refractivity contribution in [3.05, 3.63) is 59.8 Å². The first-order chi connectivity index (χ1) is 25.3. The maximum Gasteiger partial charge on any atom is 0.259 e. The number of hydrogen-bond acceptors (Lipinski definition) is 9. The topological polar surface area (TPSA) is 157 Å². The summed E-state index contributed by atoms with van der Waals surface area (Å²) in [6, 6.07) is 11.5. The molecule has 0 unspecified atom stereocenters. The van der Waals surface area contributed by atoms with Crippen LogP contribution in [0.25, 0.3) is 22.3 Å². The second kappa shape index (κ2) is 14.4. The van der Waals surface area contributed by atoms with Gasteiger partial charge in [0.1, 0.15) is 23.1 Å². The Morgan fingerprint density at radius 1 is 1.04 bits per heavy atom. The van der Waals surface area contributed by atoms with Gasteiger partial charge in [-0.05, 0) is 88.5 Å². The van der Waals surface area contributed by atoms with Crippen molar-refractivity contribution in [2.45, 2.75) is 94.9 Å². The summed E-state index contributed by atoms with van der Waals surface area (Å²) in [6.07, 6.45) is 7.57. The average Bonchev–Trinajstić information content (AvgIpc) is 4.06. The van der Waals surface area contributed by atoms with Gasteiger partial charge in [-0.2, -0.15) is 0 Å². The summed E-state index contributed by atoms with van der Waals surface area (Å²) in [5.74, 6) is -1.72. The number of rotatable bonds is 8. The Balaban J connectivity index is 1.22. The van der Waals surface area contributed by atoms with Gasteiger partial charge in [0.2, 0.25) is 21.8 Å². The molecule has 3 amide bonds. The van der Waals surface area contributed by atoms with Crippen LogP contribution in [0.3, 0.4) is 0 Å². The summed E-state index contributed by atoms with van der Waals surface area (Å²) in [5, 5.41) is 3.14. The van der Waals surface area contributed by atoms with Gasteiger partial charge in [0.15, 0.2) is 0 Å². The molecule has 1 aromatic carbocycles. The van der Waals surface area contributed by atoms with Crippen molar-refractivity contribution in [3.8, 4) is 22.9 Å². The third-order valence-electron chi connectivity index (χ3n) is 11.3. The zero-order valence-electron chi connectivity index (χ0n) is 31.1. The Labute approximate surface area is 311 Å². The fourth-order valence-corrected chi connectivity index (χ4v) is 9.18. The van der Waals surface area contributed by atoms with Gasteiger partial charge >= 0.3 is 0 Å². The third kappa shape index (κ3) is 7.36. The second-order valence-electron chi connectivity index (χ2n) is 15.5. The molecule has 7 rings (SSSR count). The maximum absolute atomic E-state index is 14.3. The second-order valence-corrected chi connectivity index (χ2v) is 17.4. The number of aromatic nitrogens is 2. The maximum atomic E-state index is 14.3. The molecule has 0 saturated heterocycles. The summed E-state index contributed by atoms with van der Waals surface area (Å²) in [4.78, 5) is 53.6. The van der Waals surface area contributed by atoms with E-state index in [1.807, 2.05) is 55.5 Å². The number of amides is 3. The Bertz CT molecular complexity index is 2080. The van der Waals surface area contributed by atoms with E-state index in [-0.39, 0.29) is 37.0 Å². The predicted octanol–water partition coefficient (Wildman–Crippen LogP) is 5.19. The Morgan fingerprint density at radius 3 is 2.55 bits per heavy atom. The quantitative estimate of drug-likeness (QED) is 0.297. The van der Waals surface area contributed by atoms with Crippen LogP contribution in [0.15, 0.2) is 48.6 Å². The zero-order chi connectivity index (χ0) is 37.7. The van der Waals surface area contributed by atoms with Gasteiger partial charge in [-0.15, -0.1) is 0 Å². The van der Waals surface area contributed by atoms with E-state index < -0.39 is 50.6 Å². The van der Waals surface area contributed by atoms with Crippen molar-refractivity contribution < 1.29 is 32.3 Å². The van der Waals surface area contributed by atoms with Crippen LogP contribution in [0, 0.1) is 24.7 Å². The highest BCUT2D eigenvalue weighted by atomic mass is 32.2. The van der Waals surface area contributed by atoms with Crippen LogP contribution in [0.5, 0.6) is 11.5 Å². The molecule has 1 aliphatic heterocycles. The number of benzene rings is 1. The molecule has 0 spiro atoms. The predicted molar refractivity (Wildman–Crippen MR) is 201 cm³/mol. The third-order valence-corrected chi connectivity index (χ3v) is 13.1. The molecular formula is C40H49N5O7S. The standard InChI is InChI=1S/C40H49N5O7S/c1-23(2)31-12-10-13-32(41-31)33-21-35(28-16-17-34(51-5)24(3)36(28)42-33)52-26-19-29-30(20-26)38(47)45(4)18-9-7-6-8-11-25-22-40(25,43-37(29)46)39(48)44-53(49,50)27-14-15-27/h8,10-13,16-17,21,23,25-27,29-30H,6-7,9,14-15,18-20,22H2,1-5H3,(H,43,46)(H,44,48)/t25-,26-,29-,30-,40-/m1/s1. The molecule has 0 radical (unpaired) electrons. The smallest absolute Gasteiger partial charge is 0.259 e. The van der Waals surface area contributed by atoms with Gasteiger partial charge in [-0.25, -0.2) is 13.4 Å². The highest BCUT2D eigenvalue weighted by molar-refractivity contribution is 7.91. The summed E-state index contributed by atoms with van der Waals surface area (Å²) < 4.78 is 40.3. The van der Waals surface area contributed by atoms with E-state index in [0.717, 1.165) is 35.9 Å². The minimum Gasteiger partial charge on any atom is -0.496 e. The summed E-state index contributed by atoms with van der Waals surface area (Å²) >= 11 is 0. The number of sulfonamides is 1. The van der Waals surface area contributed by atoms with Crippen LogP contribution in [0.2, 0.25) is 0 Å². The lowest BCUT2D eigenvalue weighted by Gasteiger charge is -2.26. The number of carbonyl (C=O) groups is 3. The highest BCUT2D eigenvalue weighted by Gasteiger charge is 2.62. The number of allylic oxidation sites excluding steroid dienone is 1. The van der Waals surface area contributed by atoms with Crippen LogP contribution < -0.4 is 19.5 Å². The van der Waals surface area contributed by atoms with Gasteiger partial charge in [0.05, 0.1) is 41.1 Å². The molecule has 0 bridgehead atoms. The molecule has 3 saturated carbocycles. The molecule has 2 aromatic heterocycles. The lowest BCUT2D eigenvalue weighted by Crippen LogP contribution is -2.54. The molecule has 3 aromatic rings. The molecule has 12 nitrogen and oxygen atoms in total. The summed E-state index contributed by atoms with van der Waals surface area (Å²) in [6.45, 7) is 6.67. The molecule has 282 valence electrons. The van der Waals surface area contributed by atoms with Gasteiger partial charge in [-0.1, -0.05) is 32.1 Å². The van der Waals surface area contributed by atoms with E-state index in [1.165, 1.54) is 0 Å². The SMILES string of the molecule is COc1ccc2c(O[C@@H]3C[C@H]4C(=O)N[C@]5(C(=O)NS(=O)(=O)C6CC6)C[C@H]5C=CCCCCN(C)C(=O)[C@@H]4C3)cc(-c3cccc(C(C)C)n3)nc2c1C. The molecule has 4 aliphatic rings. The minimum absolute atomic E-state index is 0.151. The number of aryl methyl sites for hydroxylation is 1. The number of nitrogens with one attached hydrogen (secondary N) is 2. The van der Waals surface area contributed by atoms with Crippen LogP contribution in [-0.4, -0.2) is 78.6 Å². The van der Waals surface area contributed by atoms with E-state index in [2.05, 4.69) is 23.9 Å². The normalized spacial score (nSPS) is 26.4. The van der Waals surface area contributed by atoms with Gasteiger partial charge in [-0.3, -0.25) is 24.1 Å². The average molecular weight is 744 g/mol. The number of pyridine rings is 2. The van der Waals surface area contributed by atoms with Crippen molar-refractivity contribution in [2.24, 2.45) is 17.8 Å². The monoisotopic (exact) mass is 743 g/mol. The first-order valence-corrected chi connectivity index (χ1v) is 20.3. The summed E-state index contributed by atoms with van der Waals surface area (Å²) in [5.41, 5.74) is 2.39. The molecular weight excluding hydrogens is 695 g/mol. The van der Waals surface area contributed by atoms with Crippen molar-refractivity contribution in [1.29, 1.82) is 0 Å². The van der Waals surface area contributed by atoms with E-state index >= 15 is 0 Å². The van der Waals surface area contributed by atoms with Crippen molar-refractivity contribution in [1.82, 2.24) is 24.9 Å². The van der Waals surface area contributed by atoms with Crippen LogP contribution in [0.1, 0.15) is 82.4 Å². The number of fused-ring (bicyclic) bond motifs is 3. The first-order valence-electron chi connectivity index (χ1n) is 18.7. The molecule has 3 aliphatic carbocycles. The van der Waals surface area contributed by atoms with Gasteiger partial charge in [0, 0.05) is 42.2 Å². The van der Waals surface area contributed by atoms with E-state index in [0.29, 0.717) is 47.8 Å². The molecule has 5 atom stereocenters. The van der Waals surface area contributed by atoms with Crippen molar-refractivity contribution in [3.63, 3.8) is 0 Å². The van der Waals surface area contributed by atoms with E-state index in [4.69, 9.17) is 19.4 Å². The Hall–Kier alpha value is -4.52. The van der Waals surface area contributed by atoms with E-state index in [9.17, 15) is 22.8 Å². The fraction of sp³-hybridized carbons (Fsp3) is 0.525. The number of methoxy groups -OCH3 is 1. The minimum atomic E-state index is -3.83. The summed E-state index contributed by atoms with van der Waals surface area (Å²) in [7, 11) is -0.453. The molecule has 3 fully saturated rings. The Morgan fingerprint density at radius 2 is 1.81 bits per heavy atom. The van der Waals surface area contributed by atoms with Crippen molar-refractivity contribution >= 4 is 38.6 Å². The van der Waals surface area contributed by atoms with Crippen LogP contribution in [0.4, 0.5) is 0 Å². The van der Waals surface area contributed by atoms with Gasteiger partial charge in [0.25, 0.3) is 5.91 Å². The van der Waals surface area contributed by atoms with Crippen LogP contribution in [-0.2, 0) is 24.4 Å². The van der Waals surface area contributed by atoms with Crippen molar-refractivity contribution in [2.75, 3.05) is 20.7 Å².